The maximum absolute atomic E-state index is 9.72. The fraction of sp³-hybridized carbons (Fsp3) is 0.417. The smallest absolute Gasteiger partial charge is 0.109 e. The van der Waals surface area contributed by atoms with Crippen molar-refractivity contribution in [3.8, 4) is 0 Å². The number of benzene rings is 1. The van der Waals surface area contributed by atoms with Crippen molar-refractivity contribution in [1.82, 2.24) is 9.97 Å². The maximum Gasteiger partial charge on any atom is 0.109 e. The molecule has 98 valence electrons. The summed E-state index contributed by atoms with van der Waals surface area (Å²) < 4.78 is 0. The molecule has 0 aliphatic heterocycles. The highest BCUT2D eigenvalue weighted by Gasteiger charge is 2.25. The third-order valence-electron chi connectivity index (χ3n) is 2.82. The SMILES string of the molecule is OCC(O)C(O)C(O)Cc1nc2ccccc2[nH]1. The van der Waals surface area contributed by atoms with Crippen molar-refractivity contribution in [2.24, 2.45) is 0 Å². The van der Waals surface area contributed by atoms with Crippen molar-refractivity contribution < 1.29 is 20.4 Å². The van der Waals surface area contributed by atoms with Gasteiger partial charge in [-0.05, 0) is 12.1 Å². The number of aromatic amines is 1. The van der Waals surface area contributed by atoms with Crippen LogP contribution in [0, 0.1) is 0 Å². The molecule has 6 heteroatoms. The standard InChI is InChI=1S/C12H16N2O4/c15-6-10(17)12(18)9(16)5-11-13-7-3-1-2-4-8(7)14-11/h1-4,9-10,12,15-18H,5-6H2,(H,13,14). The van der Waals surface area contributed by atoms with E-state index in [-0.39, 0.29) is 6.42 Å². The highest BCUT2D eigenvalue weighted by atomic mass is 16.4. The molecule has 2 rings (SSSR count). The molecule has 18 heavy (non-hydrogen) atoms. The Morgan fingerprint density at radius 1 is 1.11 bits per heavy atom. The van der Waals surface area contributed by atoms with Crippen LogP contribution in [0.1, 0.15) is 5.82 Å². The van der Waals surface area contributed by atoms with Crippen LogP contribution in [0.5, 0.6) is 0 Å². The molecular weight excluding hydrogens is 236 g/mol. The summed E-state index contributed by atoms with van der Waals surface area (Å²) in [4.78, 5) is 7.26. The van der Waals surface area contributed by atoms with Crippen LogP contribution in [-0.2, 0) is 6.42 Å². The molecule has 3 atom stereocenters. The first-order valence-corrected chi connectivity index (χ1v) is 5.70. The zero-order valence-electron chi connectivity index (χ0n) is 9.69. The number of fused-ring (bicyclic) bond motifs is 1. The first-order valence-electron chi connectivity index (χ1n) is 5.70. The van der Waals surface area contributed by atoms with Crippen molar-refractivity contribution in [3.63, 3.8) is 0 Å². The number of nitrogens with one attached hydrogen (secondary N) is 1. The van der Waals surface area contributed by atoms with E-state index in [4.69, 9.17) is 5.11 Å². The summed E-state index contributed by atoms with van der Waals surface area (Å²) in [6.45, 7) is -0.599. The number of para-hydroxylation sites is 2. The Hall–Kier alpha value is -1.47. The summed E-state index contributed by atoms with van der Waals surface area (Å²) in [6, 6.07) is 7.41. The number of hydrogen-bond acceptors (Lipinski definition) is 5. The van der Waals surface area contributed by atoms with Gasteiger partial charge in [0.2, 0.25) is 0 Å². The van der Waals surface area contributed by atoms with Gasteiger partial charge in [0.1, 0.15) is 18.0 Å². The number of imidazole rings is 1. The van der Waals surface area contributed by atoms with Gasteiger partial charge in [0.05, 0.1) is 23.7 Å². The van der Waals surface area contributed by atoms with E-state index in [0.29, 0.717) is 5.82 Å². The summed E-state index contributed by atoms with van der Waals surface area (Å²) >= 11 is 0. The first-order chi connectivity index (χ1) is 8.61. The Labute approximate surface area is 104 Å². The third-order valence-corrected chi connectivity index (χ3v) is 2.82. The number of aliphatic hydroxyl groups is 4. The molecule has 0 fully saturated rings. The zero-order chi connectivity index (χ0) is 13.1. The molecule has 3 unspecified atom stereocenters. The Morgan fingerprint density at radius 3 is 2.50 bits per heavy atom. The Kier molecular flexibility index (Phi) is 3.93. The van der Waals surface area contributed by atoms with E-state index in [1.807, 2.05) is 24.3 Å². The minimum Gasteiger partial charge on any atom is -0.394 e. The molecule has 0 radical (unpaired) electrons. The fourth-order valence-corrected chi connectivity index (χ4v) is 1.79. The third kappa shape index (κ3) is 2.68. The lowest BCUT2D eigenvalue weighted by Gasteiger charge is -2.20. The fourth-order valence-electron chi connectivity index (χ4n) is 1.79. The van der Waals surface area contributed by atoms with Gasteiger partial charge >= 0.3 is 0 Å². The van der Waals surface area contributed by atoms with Gasteiger partial charge in [-0.3, -0.25) is 0 Å². The molecule has 0 aliphatic rings. The second-order valence-corrected chi connectivity index (χ2v) is 4.21. The molecule has 0 aliphatic carbocycles. The van der Waals surface area contributed by atoms with Crippen molar-refractivity contribution in [2.75, 3.05) is 6.61 Å². The zero-order valence-corrected chi connectivity index (χ0v) is 9.69. The van der Waals surface area contributed by atoms with Crippen LogP contribution in [0.4, 0.5) is 0 Å². The van der Waals surface area contributed by atoms with E-state index in [1.54, 1.807) is 0 Å². The number of hydrogen-bond donors (Lipinski definition) is 5. The van der Waals surface area contributed by atoms with Crippen LogP contribution in [-0.4, -0.2) is 55.3 Å². The van der Waals surface area contributed by atoms with Crippen LogP contribution in [0.2, 0.25) is 0 Å². The summed E-state index contributed by atoms with van der Waals surface area (Å²) in [7, 11) is 0. The van der Waals surface area contributed by atoms with Gasteiger partial charge in [-0.1, -0.05) is 12.1 Å². The summed E-state index contributed by atoms with van der Waals surface area (Å²) in [5.74, 6) is 0.521. The van der Waals surface area contributed by atoms with Gasteiger partial charge in [-0.2, -0.15) is 0 Å². The molecular formula is C12H16N2O4. The van der Waals surface area contributed by atoms with E-state index >= 15 is 0 Å². The molecule has 0 saturated heterocycles. The molecule has 6 nitrogen and oxygen atoms in total. The van der Waals surface area contributed by atoms with E-state index < -0.39 is 24.9 Å². The molecule has 1 heterocycles. The van der Waals surface area contributed by atoms with E-state index in [1.165, 1.54) is 0 Å². The lowest BCUT2D eigenvalue weighted by molar-refractivity contribution is -0.0760. The van der Waals surface area contributed by atoms with E-state index in [2.05, 4.69) is 9.97 Å². The monoisotopic (exact) mass is 252 g/mol. The van der Waals surface area contributed by atoms with Gasteiger partial charge in [0.15, 0.2) is 0 Å². The van der Waals surface area contributed by atoms with Crippen LogP contribution < -0.4 is 0 Å². The lowest BCUT2D eigenvalue weighted by atomic mass is 10.1. The van der Waals surface area contributed by atoms with Crippen molar-refractivity contribution in [1.29, 1.82) is 0 Å². The van der Waals surface area contributed by atoms with Gasteiger partial charge in [-0.15, -0.1) is 0 Å². The number of aromatic nitrogens is 2. The van der Waals surface area contributed by atoms with Crippen molar-refractivity contribution in [2.45, 2.75) is 24.7 Å². The lowest BCUT2D eigenvalue weighted by Crippen LogP contribution is -2.40. The Morgan fingerprint density at radius 2 is 1.83 bits per heavy atom. The second kappa shape index (κ2) is 5.45. The second-order valence-electron chi connectivity index (χ2n) is 4.21. The highest BCUT2D eigenvalue weighted by Crippen LogP contribution is 2.13. The molecule has 1 aromatic carbocycles. The molecule has 5 N–H and O–H groups in total. The highest BCUT2D eigenvalue weighted by molar-refractivity contribution is 5.74. The normalized spacial score (nSPS) is 16.7. The number of nitrogens with zero attached hydrogens (tertiary/aromatic N) is 1. The molecule has 0 bridgehead atoms. The summed E-state index contributed by atoms with van der Waals surface area (Å²) in [5, 5.41) is 37.2. The van der Waals surface area contributed by atoms with Gasteiger partial charge < -0.3 is 25.4 Å². The predicted octanol–water partition coefficient (Wildman–Crippen LogP) is -0.820. The van der Waals surface area contributed by atoms with Crippen molar-refractivity contribution in [3.05, 3.63) is 30.1 Å². The van der Waals surface area contributed by atoms with Crippen LogP contribution in [0.25, 0.3) is 11.0 Å². The average Bonchev–Trinajstić information content (AvgIpc) is 2.78. The molecule has 1 aromatic heterocycles. The summed E-state index contributed by atoms with van der Waals surface area (Å²) in [6.07, 6.45) is -3.87. The molecule has 0 saturated carbocycles. The Bertz CT molecular complexity index is 481. The minimum absolute atomic E-state index is 0.0763. The molecule has 0 amide bonds. The number of rotatable bonds is 5. The largest absolute Gasteiger partial charge is 0.394 e. The van der Waals surface area contributed by atoms with Crippen LogP contribution in [0.3, 0.4) is 0 Å². The van der Waals surface area contributed by atoms with Gasteiger partial charge in [-0.25, -0.2) is 4.98 Å². The quantitative estimate of drug-likeness (QED) is 0.477. The Balaban J connectivity index is 2.09. The molecule has 0 spiro atoms. The molecule has 2 aromatic rings. The first kappa shape index (κ1) is 13.0. The predicted molar refractivity (Wildman–Crippen MR) is 64.9 cm³/mol. The van der Waals surface area contributed by atoms with E-state index in [9.17, 15) is 15.3 Å². The summed E-state index contributed by atoms with van der Waals surface area (Å²) in [5.41, 5.74) is 1.62. The average molecular weight is 252 g/mol. The number of aliphatic hydroxyl groups excluding tert-OH is 4. The van der Waals surface area contributed by atoms with Crippen LogP contribution >= 0.6 is 0 Å². The maximum atomic E-state index is 9.72. The van der Waals surface area contributed by atoms with Gasteiger partial charge in [0, 0.05) is 6.42 Å². The number of H-pyrrole nitrogens is 1. The van der Waals surface area contributed by atoms with Crippen LogP contribution in [0.15, 0.2) is 24.3 Å². The minimum atomic E-state index is -1.40. The van der Waals surface area contributed by atoms with Crippen molar-refractivity contribution >= 4 is 11.0 Å². The topological polar surface area (TPSA) is 110 Å². The van der Waals surface area contributed by atoms with Gasteiger partial charge in [0.25, 0.3) is 0 Å². The van der Waals surface area contributed by atoms with E-state index in [0.717, 1.165) is 11.0 Å².